The van der Waals surface area contributed by atoms with Gasteiger partial charge >= 0.3 is 0 Å². The van der Waals surface area contributed by atoms with Crippen molar-refractivity contribution in [2.24, 2.45) is 7.05 Å². The number of aryl methyl sites for hydroxylation is 1. The zero-order valence-electron chi connectivity index (χ0n) is 8.02. The lowest BCUT2D eigenvalue weighted by molar-refractivity contribution is 0.738. The third kappa shape index (κ3) is 1.56. The molecule has 0 aromatic carbocycles. The van der Waals surface area contributed by atoms with E-state index in [0.717, 1.165) is 11.3 Å². The Morgan fingerprint density at radius 2 is 2.43 bits per heavy atom. The van der Waals surface area contributed by atoms with Gasteiger partial charge < -0.3 is 5.32 Å². The van der Waals surface area contributed by atoms with Gasteiger partial charge in [-0.2, -0.15) is 10.3 Å². The molecule has 0 aliphatic rings. The average molecular weight is 193 g/mol. The molecule has 7 heteroatoms. The van der Waals surface area contributed by atoms with Gasteiger partial charge in [0, 0.05) is 24.8 Å². The van der Waals surface area contributed by atoms with Gasteiger partial charge in [0.15, 0.2) is 0 Å². The summed E-state index contributed by atoms with van der Waals surface area (Å²) in [5.74, 6) is 0.494. The van der Waals surface area contributed by atoms with Crippen molar-refractivity contribution < 1.29 is 0 Å². The highest BCUT2D eigenvalue weighted by atomic mass is 15.5. The van der Waals surface area contributed by atoms with E-state index < -0.39 is 0 Å². The second-order valence-corrected chi connectivity index (χ2v) is 2.97. The van der Waals surface area contributed by atoms with Gasteiger partial charge in [-0.05, 0) is 12.1 Å². The van der Waals surface area contributed by atoms with E-state index in [1.807, 2.05) is 24.9 Å². The molecule has 0 atom stereocenters. The molecule has 0 aliphatic heterocycles. The fourth-order valence-corrected chi connectivity index (χ4v) is 1.13. The number of tetrazole rings is 1. The molecule has 0 saturated carbocycles. The van der Waals surface area contributed by atoms with Crippen molar-refractivity contribution in [2.75, 3.05) is 5.32 Å². The third-order valence-electron chi connectivity index (χ3n) is 2.12. The molecule has 2 N–H and O–H groups in total. The first-order chi connectivity index (χ1) is 6.77. The van der Waals surface area contributed by atoms with E-state index >= 15 is 0 Å². The first-order valence-electron chi connectivity index (χ1n) is 4.22. The number of H-pyrrole nitrogens is 1. The zero-order chi connectivity index (χ0) is 9.97. The fraction of sp³-hybridized carbons (Fsp3) is 0.429. The third-order valence-corrected chi connectivity index (χ3v) is 2.12. The van der Waals surface area contributed by atoms with Gasteiger partial charge in [0.1, 0.15) is 0 Å². The molecule has 0 unspecified atom stereocenters. The van der Waals surface area contributed by atoms with Gasteiger partial charge in [0.05, 0.1) is 6.20 Å². The Labute approximate surface area is 80.5 Å². The van der Waals surface area contributed by atoms with E-state index in [4.69, 9.17) is 0 Å². The Hall–Kier alpha value is -1.92. The number of aromatic nitrogens is 6. The van der Waals surface area contributed by atoms with E-state index in [1.54, 1.807) is 0 Å². The smallest absolute Gasteiger partial charge is 0.263 e. The minimum absolute atomic E-state index is 0.494. The summed E-state index contributed by atoms with van der Waals surface area (Å²) in [6, 6.07) is 0. The van der Waals surface area contributed by atoms with Crippen LogP contribution in [0.15, 0.2) is 6.20 Å². The standard InChI is InChI=1S/C7H11N7/c1-5-6(4-9-14(5)2)3-8-7-10-12-13-11-7/h4H,3H2,1-2H3,(H2,8,10,11,12,13). The zero-order valence-corrected chi connectivity index (χ0v) is 8.02. The molecular weight excluding hydrogens is 182 g/mol. The number of hydrogen-bond donors (Lipinski definition) is 2. The molecule has 0 fully saturated rings. The van der Waals surface area contributed by atoms with Crippen LogP contribution in [-0.2, 0) is 13.6 Å². The van der Waals surface area contributed by atoms with Crippen LogP contribution in [0.2, 0.25) is 0 Å². The monoisotopic (exact) mass is 193 g/mol. The van der Waals surface area contributed by atoms with E-state index in [0.29, 0.717) is 12.5 Å². The number of hydrogen-bond acceptors (Lipinski definition) is 5. The van der Waals surface area contributed by atoms with Crippen LogP contribution in [0.1, 0.15) is 11.3 Å². The molecule has 0 spiro atoms. The minimum Gasteiger partial charge on any atom is -0.347 e. The molecule has 14 heavy (non-hydrogen) atoms. The predicted molar refractivity (Wildman–Crippen MR) is 49.4 cm³/mol. The van der Waals surface area contributed by atoms with Crippen molar-refractivity contribution in [3.8, 4) is 0 Å². The van der Waals surface area contributed by atoms with Crippen LogP contribution in [0.3, 0.4) is 0 Å². The fourth-order valence-electron chi connectivity index (χ4n) is 1.13. The summed E-state index contributed by atoms with van der Waals surface area (Å²) in [7, 11) is 1.91. The highest BCUT2D eigenvalue weighted by Crippen LogP contribution is 2.06. The van der Waals surface area contributed by atoms with Gasteiger partial charge in [-0.3, -0.25) is 4.68 Å². The number of nitrogens with zero attached hydrogens (tertiary/aromatic N) is 5. The first kappa shape index (κ1) is 8.67. The second-order valence-electron chi connectivity index (χ2n) is 2.97. The molecule has 0 radical (unpaired) electrons. The molecular formula is C7H11N7. The number of rotatable bonds is 3. The van der Waals surface area contributed by atoms with Crippen molar-refractivity contribution in [1.82, 2.24) is 30.4 Å². The summed E-state index contributed by atoms with van der Waals surface area (Å²) in [5.41, 5.74) is 2.25. The highest BCUT2D eigenvalue weighted by Gasteiger charge is 2.04. The van der Waals surface area contributed by atoms with Crippen molar-refractivity contribution in [3.05, 3.63) is 17.5 Å². The first-order valence-corrected chi connectivity index (χ1v) is 4.22. The van der Waals surface area contributed by atoms with Crippen molar-refractivity contribution in [1.29, 1.82) is 0 Å². The SMILES string of the molecule is Cc1c(CNc2nn[nH]n2)cnn1C. The van der Waals surface area contributed by atoms with Crippen LogP contribution in [0, 0.1) is 6.92 Å². The number of nitrogens with one attached hydrogen (secondary N) is 2. The minimum atomic E-state index is 0.494. The largest absolute Gasteiger partial charge is 0.347 e. The lowest BCUT2D eigenvalue weighted by atomic mass is 10.2. The van der Waals surface area contributed by atoms with E-state index in [-0.39, 0.29) is 0 Å². The van der Waals surface area contributed by atoms with E-state index in [9.17, 15) is 0 Å². The molecule has 2 heterocycles. The Balaban J connectivity index is 2.02. The topological polar surface area (TPSA) is 84.3 Å². The Kier molecular flexibility index (Phi) is 2.13. The lowest BCUT2D eigenvalue weighted by Gasteiger charge is -2.00. The van der Waals surface area contributed by atoms with Crippen LogP contribution in [-0.4, -0.2) is 30.4 Å². The van der Waals surface area contributed by atoms with Crippen molar-refractivity contribution >= 4 is 5.95 Å². The maximum Gasteiger partial charge on any atom is 0.263 e. The summed E-state index contributed by atoms with van der Waals surface area (Å²) < 4.78 is 1.83. The van der Waals surface area contributed by atoms with Gasteiger partial charge in [0.25, 0.3) is 5.95 Å². The van der Waals surface area contributed by atoms with E-state index in [1.165, 1.54) is 0 Å². The summed E-state index contributed by atoms with van der Waals surface area (Å²) in [6.07, 6.45) is 1.82. The molecule has 74 valence electrons. The molecule has 0 amide bonds. The molecule has 2 aromatic rings. The van der Waals surface area contributed by atoms with Crippen LogP contribution in [0.5, 0.6) is 0 Å². The number of anilines is 1. The molecule has 2 rings (SSSR count). The summed E-state index contributed by atoms with van der Waals surface area (Å²) in [4.78, 5) is 0. The molecule has 0 bridgehead atoms. The summed E-state index contributed by atoms with van der Waals surface area (Å²) in [6.45, 7) is 2.67. The van der Waals surface area contributed by atoms with Crippen molar-refractivity contribution in [3.63, 3.8) is 0 Å². The van der Waals surface area contributed by atoms with Gasteiger partial charge in [-0.1, -0.05) is 5.10 Å². The maximum atomic E-state index is 4.13. The molecule has 7 nitrogen and oxygen atoms in total. The normalized spacial score (nSPS) is 10.4. The molecule has 0 aliphatic carbocycles. The van der Waals surface area contributed by atoms with Gasteiger partial charge in [-0.25, -0.2) is 0 Å². The Bertz CT molecular complexity index is 402. The quantitative estimate of drug-likeness (QED) is 0.708. The van der Waals surface area contributed by atoms with Crippen molar-refractivity contribution in [2.45, 2.75) is 13.5 Å². The predicted octanol–water partition coefficient (Wildman–Crippen LogP) is -0.146. The lowest BCUT2D eigenvalue weighted by Crippen LogP contribution is -2.02. The second kappa shape index (κ2) is 3.44. The summed E-state index contributed by atoms with van der Waals surface area (Å²) in [5, 5.41) is 20.5. The Morgan fingerprint density at radius 3 is 3.00 bits per heavy atom. The summed E-state index contributed by atoms with van der Waals surface area (Å²) >= 11 is 0. The molecule has 0 saturated heterocycles. The van der Waals surface area contributed by atoms with Crippen LogP contribution < -0.4 is 5.32 Å². The highest BCUT2D eigenvalue weighted by molar-refractivity contribution is 5.25. The van der Waals surface area contributed by atoms with Crippen LogP contribution >= 0.6 is 0 Å². The van der Waals surface area contributed by atoms with Gasteiger partial charge in [-0.15, -0.1) is 5.10 Å². The Morgan fingerprint density at radius 1 is 1.57 bits per heavy atom. The van der Waals surface area contributed by atoms with Crippen LogP contribution in [0.4, 0.5) is 5.95 Å². The maximum absolute atomic E-state index is 4.13. The van der Waals surface area contributed by atoms with E-state index in [2.05, 4.69) is 31.0 Å². The average Bonchev–Trinajstić information content (AvgIpc) is 2.77. The number of aromatic amines is 1. The van der Waals surface area contributed by atoms with Crippen LogP contribution in [0.25, 0.3) is 0 Å². The molecule has 2 aromatic heterocycles. The van der Waals surface area contributed by atoms with Gasteiger partial charge in [0.2, 0.25) is 0 Å².